The lowest BCUT2D eigenvalue weighted by molar-refractivity contribution is 0.101. The van der Waals surface area contributed by atoms with Gasteiger partial charge in [0.25, 0.3) is 0 Å². The van der Waals surface area contributed by atoms with Crippen LogP contribution in [0.5, 0.6) is 0 Å². The van der Waals surface area contributed by atoms with E-state index >= 15 is 0 Å². The van der Waals surface area contributed by atoms with Gasteiger partial charge in [0.05, 0.1) is 0 Å². The molecule has 1 aromatic heterocycles. The first-order chi connectivity index (χ1) is 7.65. The molecule has 16 heavy (non-hydrogen) atoms. The number of aromatic amines is 1. The number of rotatable bonds is 3. The van der Waals surface area contributed by atoms with Crippen molar-refractivity contribution in [2.75, 3.05) is 20.1 Å². The number of piperidine rings is 1. The molecule has 0 saturated carbocycles. The van der Waals surface area contributed by atoms with Crippen LogP contribution in [0.3, 0.4) is 0 Å². The van der Waals surface area contributed by atoms with Gasteiger partial charge < -0.3 is 4.90 Å². The van der Waals surface area contributed by atoms with Crippen LogP contribution in [0, 0.1) is 5.92 Å². The molecule has 1 aromatic rings. The minimum atomic E-state index is 0.0308. The van der Waals surface area contributed by atoms with Gasteiger partial charge in [0.15, 0.2) is 5.78 Å². The van der Waals surface area contributed by atoms with E-state index in [4.69, 9.17) is 0 Å². The summed E-state index contributed by atoms with van der Waals surface area (Å²) in [6, 6.07) is 1.89. The molecule has 1 aliphatic rings. The third-order valence-corrected chi connectivity index (χ3v) is 3.22. The van der Waals surface area contributed by atoms with E-state index in [9.17, 15) is 4.79 Å². The van der Waals surface area contributed by atoms with Crippen molar-refractivity contribution in [3.05, 3.63) is 17.5 Å². The van der Waals surface area contributed by atoms with Gasteiger partial charge in [-0.1, -0.05) is 0 Å². The molecule has 0 radical (unpaired) electrons. The van der Waals surface area contributed by atoms with Gasteiger partial charge in [-0.25, -0.2) is 0 Å². The van der Waals surface area contributed by atoms with Crippen molar-refractivity contribution in [2.45, 2.75) is 26.2 Å². The number of hydrogen-bond acceptors (Lipinski definition) is 3. The van der Waals surface area contributed by atoms with E-state index in [1.807, 2.05) is 6.07 Å². The van der Waals surface area contributed by atoms with Gasteiger partial charge in [-0.3, -0.25) is 9.89 Å². The number of hydrogen-bond donors (Lipinski definition) is 1. The number of aromatic nitrogens is 2. The number of nitrogens with one attached hydrogen (secondary N) is 1. The average Bonchev–Trinajstić information content (AvgIpc) is 2.66. The van der Waals surface area contributed by atoms with Crippen LogP contribution < -0.4 is 0 Å². The summed E-state index contributed by atoms with van der Waals surface area (Å²) in [5.41, 5.74) is 1.64. The molecule has 0 spiro atoms. The lowest BCUT2D eigenvalue weighted by atomic mass is 9.94. The number of carbonyl (C=O) groups is 1. The highest BCUT2D eigenvalue weighted by Gasteiger charge is 2.18. The van der Waals surface area contributed by atoms with Gasteiger partial charge in [0.2, 0.25) is 0 Å². The van der Waals surface area contributed by atoms with E-state index < -0.39 is 0 Å². The van der Waals surface area contributed by atoms with Crippen LogP contribution in [0.4, 0.5) is 0 Å². The fourth-order valence-electron chi connectivity index (χ4n) is 2.40. The maximum absolute atomic E-state index is 11.1. The van der Waals surface area contributed by atoms with Crippen molar-refractivity contribution < 1.29 is 4.79 Å². The van der Waals surface area contributed by atoms with Crippen molar-refractivity contribution >= 4 is 5.78 Å². The third-order valence-electron chi connectivity index (χ3n) is 3.22. The molecular weight excluding hydrogens is 202 g/mol. The van der Waals surface area contributed by atoms with Crippen molar-refractivity contribution in [3.63, 3.8) is 0 Å². The van der Waals surface area contributed by atoms with Crippen molar-refractivity contribution in [1.82, 2.24) is 15.1 Å². The highest BCUT2D eigenvalue weighted by molar-refractivity contribution is 5.92. The molecule has 4 heteroatoms. The summed E-state index contributed by atoms with van der Waals surface area (Å²) < 4.78 is 0. The normalized spacial score (nSPS) is 22.2. The quantitative estimate of drug-likeness (QED) is 0.787. The first-order valence-corrected chi connectivity index (χ1v) is 5.89. The highest BCUT2D eigenvalue weighted by atomic mass is 16.1. The van der Waals surface area contributed by atoms with E-state index in [1.54, 1.807) is 6.92 Å². The highest BCUT2D eigenvalue weighted by Crippen LogP contribution is 2.19. The number of Topliss-reactive ketones (excluding diaryl/α,β-unsaturated/α-hetero) is 1. The molecule has 88 valence electrons. The van der Waals surface area contributed by atoms with Crippen LogP contribution in [0.15, 0.2) is 6.07 Å². The fraction of sp³-hybridized carbons (Fsp3) is 0.667. The first kappa shape index (κ1) is 11.3. The summed E-state index contributed by atoms with van der Waals surface area (Å²) in [6.45, 7) is 3.90. The summed E-state index contributed by atoms with van der Waals surface area (Å²) in [7, 11) is 2.17. The van der Waals surface area contributed by atoms with E-state index in [1.165, 1.54) is 19.4 Å². The number of ketones is 1. The molecular formula is C12H19N3O. The van der Waals surface area contributed by atoms with Crippen LogP contribution in [-0.4, -0.2) is 41.0 Å². The van der Waals surface area contributed by atoms with Gasteiger partial charge in [-0.15, -0.1) is 0 Å². The minimum absolute atomic E-state index is 0.0308. The summed E-state index contributed by atoms with van der Waals surface area (Å²) >= 11 is 0. The smallest absolute Gasteiger partial charge is 0.179 e. The van der Waals surface area contributed by atoms with Gasteiger partial charge >= 0.3 is 0 Å². The third kappa shape index (κ3) is 2.70. The number of H-pyrrole nitrogens is 1. The van der Waals surface area contributed by atoms with Gasteiger partial charge in [0, 0.05) is 19.2 Å². The van der Waals surface area contributed by atoms with Gasteiger partial charge in [-0.2, -0.15) is 5.10 Å². The predicted octanol–water partition coefficient (Wildman–Crippen LogP) is 1.50. The molecule has 0 aliphatic carbocycles. The lowest BCUT2D eigenvalue weighted by Crippen LogP contribution is -2.33. The van der Waals surface area contributed by atoms with Crippen LogP contribution in [-0.2, 0) is 6.42 Å². The predicted molar refractivity (Wildman–Crippen MR) is 62.5 cm³/mol. The first-order valence-electron chi connectivity index (χ1n) is 5.89. The Kier molecular flexibility index (Phi) is 3.39. The van der Waals surface area contributed by atoms with Gasteiger partial charge in [0.1, 0.15) is 5.69 Å². The monoisotopic (exact) mass is 221 g/mol. The molecule has 2 heterocycles. The molecule has 1 atom stereocenters. The minimum Gasteiger partial charge on any atom is -0.306 e. The zero-order chi connectivity index (χ0) is 11.5. The molecule has 2 rings (SSSR count). The van der Waals surface area contributed by atoms with E-state index in [0.29, 0.717) is 11.6 Å². The SMILES string of the molecule is CC(=O)c1cc(CC2CCCN(C)C2)[nH]n1. The average molecular weight is 221 g/mol. The Labute approximate surface area is 96.0 Å². The Morgan fingerprint density at radius 1 is 1.69 bits per heavy atom. The van der Waals surface area contributed by atoms with Gasteiger partial charge in [-0.05, 0) is 44.8 Å². The molecule has 1 fully saturated rings. The molecule has 0 amide bonds. The molecule has 1 saturated heterocycles. The van der Waals surface area contributed by atoms with E-state index in [0.717, 1.165) is 18.7 Å². The van der Waals surface area contributed by atoms with Crippen LogP contribution in [0.25, 0.3) is 0 Å². The van der Waals surface area contributed by atoms with Crippen molar-refractivity contribution in [1.29, 1.82) is 0 Å². The molecule has 0 aromatic carbocycles. The summed E-state index contributed by atoms with van der Waals surface area (Å²) in [5.74, 6) is 0.724. The second kappa shape index (κ2) is 4.78. The number of likely N-dealkylation sites (tertiary alicyclic amines) is 1. The maximum Gasteiger partial charge on any atom is 0.179 e. The van der Waals surface area contributed by atoms with Crippen molar-refractivity contribution in [3.8, 4) is 0 Å². The Hall–Kier alpha value is -1.16. The maximum atomic E-state index is 11.1. The van der Waals surface area contributed by atoms with E-state index in [2.05, 4.69) is 22.1 Å². The number of carbonyl (C=O) groups excluding carboxylic acids is 1. The number of nitrogens with zero attached hydrogens (tertiary/aromatic N) is 2. The van der Waals surface area contributed by atoms with Crippen LogP contribution in [0.1, 0.15) is 35.9 Å². The summed E-state index contributed by atoms with van der Waals surface area (Å²) in [5, 5.41) is 6.97. The summed E-state index contributed by atoms with van der Waals surface area (Å²) in [6.07, 6.45) is 3.55. The summed E-state index contributed by atoms with van der Waals surface area (Å²) in [4.78, 5) is 13.5. The molecule has 1 N–H and O–H groups in total. The second-order valence-electron chi connectivity index (χ2n) is 4.81. The molecule has 1 aliphatic heterocycles. The van der Waals surface area contributed by atoms with Crippen molar-refractivity contribution in [2.24, 2.45) is 5.92 Å². The zero-order valence-corrected chi connectivity index (χ0v) is 9.99. The Morgan fingerprint density at radius 2 is 2.50 bits per heavy atom. The largest absolute Gasteiger partial charge is 0.306 e. The van der Waals surface area contributed by atoms with Crippen LogP contribution >= 0.6 is 0 Å². The Morgan fingerprint density at radius 3 is 3.12 bits per heavy atom. The van der Waals surface area contributed by atoms with Crippen LogP contribution in [0.2, 0.25) is 0 Å². The second-order valence-corrected chi connectivity index (χ2v) is 4.81. The molecule has 0 bridgehead atoms. The molecule has 1 unspecified atom stereocenters. The Balaban J connectivity index is 1.95. The van der Waals surface area contributed by atoms with E-state index in [-0.39, 0.29) is 5.78 Å². The Bertz CT molecular complexity index is 372. The lowest BCUT2D eigenvalue weighted by Gasteiger charge is -2.29. The fourth-order valence-corrected chi connectivity index (χ4v) is 2.40. The topological polar surface area (TPSA) is 49.0 Å². The standard InChI is InChI=1S/C12H19N3O/c1-9(16)12-7-11(13-14-12)6-10-4-3-5-15(2)8-10/h7,10H,3-6,8H2,1-2H3,(H,13,14). The molecule has 4 nitrogen and oxygen atoms in total. The zero-order valence-electron chi connectivity index (χ0n) is 9.99.